The van der Waals surface area contributed by atoms with Crippen LogP contribution >= 0.6 is 0 Å². The van der Waals surface area contributed by atoms with Gasteiger partial charge >= 0.3 is 12.1 Å². The van der Waals surface area contributed by atoms with Crippen LogP contribution in [0.3, 0.4) is 0 Å². The molecule has 94 valence electrons. The Labute approximate surface area is 96.1 Å². The number of methoxy groups -OCH3 is 1. The van der Waals surface area contributed by atoms with E-state index in [0.717, 1.165) is 7.11 Å². The number of halogens is 3. The molecule has 1 atom stereocenters. The summed E-state index contributed by atoms with van der Waals surface area (Å²) in [6.45, 7) is -1.50. The maximum Gasteiger partial charge on any atom is 0.411 e. The first-order chi connectivity index (χ1) is 7.94. The minimum Gasteiger partial charge on any atom is -0.467 e. The predicted molar refractivity (Wildman–Crippen MR) is 53.2 cm³/mol. The number of ether oxygens (including phenoxy) is 2. The highest BCUT2D eigenvalue weighted by atomic mass is 19.4. The van der Waals surface area contributed by atoms with Crippen molar-refractivity contribution in [3.63, 3.8) is 0 Å². The SMILES string of the molecule is COC(=O)C(OCC(F)(F)F)c1ccccc1. The summed E-state index contributed by atoms with van der Waals surface area (Å²) in [4.78, 5) is 11.3. The van der Waals surface area contributed by atoms with E-state index in [-0.39, 0.29) is 0 Å². The molecule has 0 aliphatic carbocycles. The van der Waals surface area contributed by atoms with Crippen molar-refractivity contribution in [2.45, 2.75) is 12.3 Å². The molecule has 1 aromatic rings. The lowest BCUT2D eigenvalue weighted by Crippen LogP contribution is -2.24. The fourth-order valence-electron chi connectivity index (χ4n) is 1.21. The lowest BCUT2D eigenvalue weighted by Gasteiger charge is -2.17. The van der Waals surface area contributed by atoms with Crippen LogP contribution in [0, 0.1) is 0 Å². The molecular formula is C11H11F3O3. The molecule has 0 saturated carbocycles. The highest BCUT2D eigenvalue weighted by Crippen LogP contribution is 2.23. The van der Waals surface area contributed by atoms with Crippen LogP contribution < -0.4 is 0 Å². The zero-order valence-corrected chi connectivity index (χ0v) is 9.03. The Morgan fingerprint density at radius 3 is 2.35 bits per heavy atom. The van der Waals surface area contributed by atoms with Crippen LogP contribution in [0.25, 0.3) is 0 Å². The van der Waals surface area contributed by atoms with E-state index in [1.165, 1.54) is 12.1 Å². The lowest BCUT2D eigenvalue weighted by atomic mass is 10.1. The molecule has 1 rings (SSSR count). The van der Waals surface area contributed by atoms with E-state index in [2.05, 4.69) is 9.47 Å². The summed E-state index contributed by atoms with van der Waals surface area (Å²) >= 11 is 0. The summed E-state index contributed by atoms with van der Waals surface area (Å²) in [5.41, 5.74) is 0.323. The minimum absolute atomic E-state index is 0.323. The topological polar surface area (TPSA) is 35.5 Å². The second-order valence-electron chi connectivity index (χ2n) is 3.24. The molecule has 0 saturated heterocycles. The van der Waals surface area contributed by atoms with Crippen LogP contribution in [0.5, 0.6) is 0 Å². The van der Waals surface area contributed by atoms with Crippen LogP contribution in [0.15, 0.2) is 30.3 Å². The van der Waals surface area contributed by atoms with Gasteiger partial charge in [0.1, 0.15) is 6.61 Å². The summed E-state index contributed by atoms with van der Waals surface area (Å²) in [6, 6.07) is 7.88. The van der Waals surface area contributed by atoms with Gasteiger partial charge in [0, 0.05) is 0 Å². The Kier molecular flexibility index (Phi) is 4.51. The molecular weight excluding hydrogens is 237 g/mol. The predicted octanol–water partition coefficient (Wildman–Crippen LogP) is 2.48. The summed E-state index contributed by atoms with van der Waals surface area (Å²) in [5.74, 6) is -0.861. The molecule has 0 amide bonds. The van der Waals surface area contributed by atoms with Crippen molar-refractivity contribution in [3.05, 3.63) is 35.9 Å². The molecule has 0 aliphatic rings. The average molecular weight is 248 g/mol. The van der Waals surface area contributed by atoms with Gasteiger partial charge in [0.15, 0.2) is 6.10 Å². The van der Waals surface area contributed by atoms with Gasteiger partial charge in [-0.3, -0.25) is 0 Å². The second kappa shape index (κ2) is 5.67. The number of carbonyl (C=O) groups excluding carboxylic acids is 1. The second-order valence-corrected chi connectivity index (χ2v) is 3.24. The molecule has 0 aliphatic heterocycles. The lowest BCUT2D eigenvalue weighted by molar-refractivity contribution is -0.194. The first kappa shape index (κ1) is 13.5. The summed E-state index contributed by atoms with van der Waals surface area (Å²) in [7, 11) is 1.09. The van der Waals surface area contributed by atoms with Crippen molar-refractivity contribution >= 4 is 5.97 Å². The van der Waals surface area contributed by atoms with E-state index in [1.54, 1.807) is 18.2 Å². The molecule has 1 unspecified atom stereocenters. The molecule has 0 bridgehead atoms. The summed E-state index contributed by atoms with van der Waals surface area (Å²) in [6.07, 6.45) is -5.84. The van der Waals surface area contributed by atoms with E-state index in [1.807, 2.05) is 0 Å². The van der Waals surface area contributed by atoms with Crippen LogP contribution in [-0.2, 0) is 14.3 Å². The monoisotopic (exact) mass is 248 g/mol. The van der Waals surface area contributed by atoms with E-state index < -0.39 is 24.9 Å². The Morgan fingerprint density at radius 1 is 1.29 bits per heavy atom. The van der Waals surface area contributed by atoms with Crippen LogP contribution in [0.2, 0.25) is 0 Å². The molecule has 0 spiro atoms. The fourth-order valence-corrected chi connectivity index (χ4v) is 1.21. The largest absolute Gasteiger partial charge is 0.467 e. The van der Waals surface area contributed by atoms with E-state index in [4.69, 9.17) is 0 Å². The van der Waals surface area contributed by atoms with Gasteiger partial charge in [-0.25, -0.2) is 4.79 Å². The van der Waals surface area contributed by atoms with Crippen molar-refractivity contribution in [1.29, 1.82) is 0 Å². The third-order valence-electron chi connectivity index (χ3n) is 1.93. The van der Waals surface area contributed by atoms with Gasteiger partial charge in [-0.05, 0) is 5.56 Å². The van der Waals surface area contributed by atoms with Gasteiger partial charge in [-0.2, -0.15) is 13.2 Å². The number of hydrogen-bond donors (Lipinski definition) is 0. The van der Waals surface area contributed by atoms with Crippen LogP contribution in [0.1, 0.15) is 11.7 Å². The van der Waals surface area contributed by atoms with Crippen LogP contribution in [-0.4, -0.2) is 25.9 Å². The van der Waals surface area contributed by atoms with Crippen molar-refractivity contribution in [1.82, 2.24) is 0 Å². The number of hydrogen-bond acceptors (Lipinski definition) is 3. The molecule has 6 heteroatoms. The maximum atomic E-state index is 12.0. The smallest absolute Gasteiger partial charge is 0.411 e. The Balaban J connectivity index is 2.79. The Bertz CT molecular complexity index is 362. The third-order valence-corrected chi connectivity index (χ3v) is 1.93. The van der Waals surface area contributed by atoms with Gasteiger partial charge < -0.3 is 9.47 Å². The number of benzene rings is 1. The first-order valence-corrected chi connectivity index (χ1v) is 4.75. The Hall–Kier alpha value is -1.56. The van der Waals surface area contributed by atoms with Gasteiger partial charge in [0.25, 0.3) is 0 Å². The van der Waals surface area contributed by atoms with E-state index in [9.17, 15) is 18.0 Å². The van der Waals surface area contributed by atoms with Gasteiger partial charge in [-0.1, -0.05) is 30.3 Å². The average Bonchev–Trinajstić information content (AvgIpc) is 2.29. The van der Waals surface area contributed by atoms with Crippen molar-refractivity contribution in [3.8, 4) is 0 Å². The molecule has 0 N–H and O–H groups in total. The molecule has 0 heterocycles. The van der Waals surface area contributed by atoms with Crippen molar-refractivity contribution in [2.75, 3.05) is 13.7 Å². The van der Waals surface area contributed by atoms with Gasteiger partial charge in [0.05, 0.1) is 7.11 Å². The fraction of sp³-hybridized carbons (Fsp3) is 0.364. The molecule has 3 nitrogen and oxygen atoms in total. The third kappa shape index (κ3) is 4.44. The van der Waals surface area contributed by atoms with Gasteiger partial charge in [-0.15, -0.1) is 0 Å². The standard InChI is InChI=1S/C11H11F3O3/c1-16-10(15)9(17-7-11(12,13)14)8-5-3-2-4-6-8/h2-6,9H,7H2,1H3. The van der Waals surface area contributed by atoms with Gasteiger partial charge in [0.2, 0.25) is 0 Å². The number of alkyl halides is 3. The minimum atomic E-state index is -4.49. The van der Waals surface area contributed by atoms with E-state index in [0.29, 0.717) is 5.56 Å². The zero-order chi connectivity index (χ0) is 12.9. The maximum absolute atomic E-state index is 12.0. The number of carbonyl (C=O) groups is 1. The quantitative estimate of drug-likeness (QED) is 0.768. The van der Waals surface area contributed by atoms with E-state index >= 15 is 0 Å². The summed E-state index contributed by atoms with van der Waals surface area (Å²) < 4.78 is 45.0. The highest BCUT2D eigenvalue weighted by Gasteiger charge is 2.32. The summed E-state index contributed by atoms with van der Waals surface area (Å²) in [5, 5.41) is 0. The highest BCUT2D eigenvalue weighted by molar-refractivity contribution is 5.76. The number of esters is 1. The molecule has 0 aromatic heterocycles. The molecule has 0 fully saturated rings. The molecule has 17 heavy (non-hydrogen) atoms. The zero-order valence-electron chi connectivity index (χ0n) is 9.03. The number of rotatable bonds is 4. The molecule has 1 aromatic carbocycles. The van der Waals surface area contributed by atoms with Crippen LogP contribution in [0.4, 0.5) is 13.2 Å². The van der Waals surface area contributed by atoms with Crippen molar-refractivity contribution < 1.29 is 27.4 Å². The Morgan fingerprint density at radius 2 is 1.88 bits per heavy atom. The normalized spacial score (nSPS) is 13.2. The van der Waals surface area contributed by atoms with Crippen molar-refractivity contribution in [2.24, 2.45) is 0 Å². The molecule has 0 radical (unpaired) electrons. The first-order valence-electron chi connectivity index (χ1n) is 4.75.